The minimum Gasteiger partial charge on any atom is -0.464 e. The van der Waals surface area contributed by atoms with Gasteiger partial charge in [0.05, 0.1) is 6.54 Å². The summed E-state index contributed by atoms with van der Waals surface area (Å²) in [6, 6.07) is 16.7. The molecule has 0 aliphatic carbocycles. The Hall–Kier alpha value is -2.29. The van der Waals surface area contributed by atoms with Crippen LogP contribution in [0, 0.1) is 0 Å². The molecule has 0 aliphatic heterocycles. The number of para-hydroxylation sites is 2. The van der Waals surface area contributed by atoms with E-state index >= 15 is 0 Å². The van der Waals surface area contributed by atoms with Crippen LogP contribution < -0.4 is 0 Å². The highest BCUT2D eigenvalue weighted by atomic mass is 16.5. The van der Waals surface area contributed by atoms with Crippen molar-refractivity contribution in [2.75, 3.05) is 6.61 Å². The Balaban J connectivity index is 1.91. The van der Waals surface area contributed by atoms with E-state index in [0.29, 0.717) is 19.6 Å². The van der Waals surface area contributed by atoms with Crippen LogP contribution in [0.25, 0.3) is 21.8 Å². The van der Waals surface area contributed by atoms with Crippen molar-refractivity contribution >= 4 is 27.8 Å². The number of nitrogens with zero attached hydrogens (tertiary/aromatic N) is 1. The monoisotopic (exact) mass is 281 g/mol. The predicted molar refractivity (Wildman–Crippen MR) is 85.3 cm³/mol. The molecule has 1 aromatic heterocycles. The second kappa shape index (κ2) is 6.00. The number of hydrogen-bond acceptors (Lipinski definition) is 2. The number of carbonyl (C=O) groups excluding carboxylic acids is 1. The first-order valence-corrected chi connectivity index (χ1v) is 7.43. The third-order valence-electron chi connectivity index (χ3n) is 3.71. The highest BCUT2D eigenvalue weighted by molar-refractivity contribution is 6.07. The molecule has 0 unspecified atom stereocenters. The summed E-state index contributed by atoms with van der Waals surface area (Å²) in [7, 11) is 0. The first kappa shape index (κ1) is 13.7. The number of ether oxygens (including phenoxy) is 1. The Morgan fingerprint density at radius 1 is 1.00 bits per heavy atom. The number of fused-ring (bicyclic) bond motifs is 3. The molecule has 0 amide bonds. The second-order valence-corrected chi connectivity index (χ2v) is 5.16. The van der Waals surface area contributed by atoms with Crippen LogP contribution in [0.1, 0.15) is 19.8 Å². The lowest BCUT2D eigenvalue weighted by Crippen LogP contribution is -2.10. The van der Waals surface area contributed by atoms with Crippen molar-refractivity contribution < 1.29 is 9.53 Å². The van der Waals surface area contributed by atoms with Crippen LogP contribution in [0.15, 0.2) is 48.5 Å². The standard InChI is InChI=1S/C18H19NO2/c1-2-7-18(20)21-13-12-19-16-10-5-3-8-14(16)15-9-4-6-11-17(15)19/h3-6,8-11H,2,7,12-13H2,1H3. The van der Waals surface area contributed by atoms with Gasteiger partial charge in [0, 0.05) is 28.2 Å². The molecule has 3 heteroatoms. The average Bonchev–Trinajstić information content (AvgIpc) is 2.83. The van der Waals surface area contributed by atoms with E-state index in [1.165, 1.54) is 21.8 Å². The molecule has 0 fully saturated rings. The summed E-state index contributed by atoms with van der Waals surface area (Å²) in [6.07, 6.45) is 1.32. The summed E-state index contributed by atoms with van der Waals surface area (Å²) in [6.45, 7) is 3.08. The van der Waals surface area contributed by atoms with E-state index in [1.807, 2.05) is 19.1 Å². The maximum atomic E-state index is 11.5. The molecular formula is C18H19NO2. The number of hydrogen-bond donors (Lipinski definition) is 0. The van der Waals surface area contributed by atoms with Gasteiger partial charge < -0.3 is 9.30 Å². The Morgan fingerprint density at radius 3 is 2.14 bits per heavy atom. The summed E-state index contributed by atoms with van der Waals surface area (Å²) >= 11 is 0. The van der Waals surface area contributed by atoms with E-state index in [2.05, 4.69) is 41.0 Å². The van der Waals surface area contributed by atoms with Crippen LogP contribution in [0.5, 0.6) is 0 Å². The topological polar surface area (TPSA) is 31.2 Å². The van der Waals surface area contributed by atoms with Gasteiger partial charge in [0.1, 0.15) is 6.61 Å². The zero-order chi connectivity index (χ0) is 14.7. The van der Waals surface area contributed by atoms with Crippen molar-refractivity contribution in [1.29, 1.82) is 0 Å². The van der Waals surface area contributed by atoms with E-state index < -0.39 is 0 Å². The zero-order valence-electron chi connectivity index (χ0n) is 12.2. The number of benzene rings is 2. The minimum absolute atomic E-state index is 0.113. The molecule has 0 saturated carbocycles. The van der Waals surface area contributed by atoms with E-state index in [1.54, 1.807) is 0 Å². The fourth-order valence-electron chi connectivity index (χ4n) is 2.77. The maximum absolute atomic E-state index is 11.5. The van der Waals surface area contributed by atoms with E-state index in [-0.39, 0.29) is 5.97 Å². The largest absolute Gasteiger partial charge is 0.464 e. The number of esters is 1. The smallest absolute Gasteiger partial charge is 0.305 e. The second-order valence-electron chi connectivity index (χ2n) is 5.16. The molecule has 0 atom stereocenters. The minimum atomic E-state index is -0.113. The first-order valence-electron chi connectivity index (χ1n) is 7.43. The Kier molecular flexibility index (Phi) is 3.91. The van der Waals surface area contributed by atoms with Gasteiger partial charge in [0.25, 0.3) is 0 Å². The Morgan fingerprint density at radius 2 is 1.57 bits per heavy atom. The lowest BCUT2D eigenvalue weighted by atomic mass is 10.2. The maximum Gasteiger partial charge on any atom is 0.305 e. The van der Waals surface area contributed by atoms with Gasteiger partial charge in [-0.3, -0.25) is 4.79 Å². The van der Waals surface area contributed by atoms with Gasteiger partial charge in [-0.2, -0.15) is 0 Å². The molecule has 0 spiro atoms. The molecule has 1 heterocycles. The number of carbonyl (C=O) groups is 1. The fraction of sp³-hybridized carbons (Fsp3) is 0.278. The predicted octanol–water partition coefficient (Wildman–Crippen LogP) is 4.14. The third kappa shape index (κ3) is 2.64. The quantitative estimate of drug-likeness (QED) is 0.658. The molecule has 0 bridgehead atoms. The lowest BCUT2D eigenvalue weighted by molar-refractivity contribution is -0.143. The molecule has 0 saturated heterocycles. The average molecular weight is 281 g/mol. The van der Waals surface area contributed by atoms with Gasteiger partial charge in [-0.05, 0) is 18.6 Å². The SMILES string of the molecule is CCCC(=O)OCCn1c2ccccc2c2ccccc21. The summed E-state index contributed by atoms with van der Waals surface area (Å²) in [5, 5.41) is 2.49. The van der Waals surface area contributed by atoms with Gasteiger partial charge in [-0.25, -0.2) is 0 Å². The van der Waals surface area contributed by atoms with E-state index in [0.717, 1.165) is 6.42 Å². The van der Waals surface area contributed by atoms with Crippen LogP contribution in [0.2, 0.25) is 0 Å². The molecule has 0 N–H and O–H groups in total. The molecule has 0 radical (unpaired) electrons. The lowest BCUT2D eigenvalue weighted by Gasteiger charge is -2.08. The third-order valence-corrected chi connectivity index (χ3v) is 3.71. The van der Waals surface area contributed by atoms with Crippen molar-refractivity contribution in [2.24, 2.45) is 0 Å². The van der Waals surface area contributed by atoms with Crippen LogP contribution in [0.3, 0.4) is 0 Å². The summed E-state index contributed by atoms with van der Waals surface area (Å²) in [5.74, 6) is -0.113. The highest BCUT2D eigenvalue weighted by Gasteiger charge is 2.09. The van der Waals surface area contributed by atoms with Crippen molar-refractivity contribution in [2.45, 2.75) is 26.3 Å². The molecule has 3 rings (SSSR count). The van der Waals surface area contributed by atoms with Gasteiger partial charge in [0.15, 0.2) is 0 Å². The molecule has 3 nitrogen and oxygen atoms in total. The van der Waals surface area contributed by atoms with E-state index in [4.69, 9.17) is 4.74 Å². The molecule has 108 valence electrons. The number of aromatic nitrogens is 1. The van der Waals surface area contributed by atoms with E-state index in [9.17, 15) is 4.79 Å². The number of rotatable bonds is 5. The molecule has 2 aromatic carbocycles. The van der Waals surface area contributed by atoms with Crippen molar-refractivity contribution in [3.05, 3.63) is 48.5 Å². The normalized spacial score (nSPS) is 11.1. The molecular weight excluding hydrogens is 262 g/mol. The first-order chi connectivity index (χ1) is 10.3. The van der Waals surface area contributed by atoms with Crippen molar-refractivity contribution in [3.8, 4) is 0 Å². The Labute approximate surface area is 124 Å². The van der Waals surface area contributed by atoms with Gasteiger partial charge in [-0.15, -0.1) is 0 Å². The summed E-state index contributed by atoms with van der Waals surface area (Å²) < 4.78 is 7.52. The van der Waals surface area contributed by atoms with Gasteiger partial charge >= 0.3 is 5.97 Å². The summed E-state index contributed by atoms with van der Waals surface area (Å²) in [5.41, 5.74) is 2.37. The fourth-order valence-corrected chi connectivity index (χ4v) is 2.77. The van der Waals surface area contributed by atoms with Gasteiger partial charge in [0.2, 0.25) is 0 Å². The highest BCUT2D eigenvalue weighted by Crippen LogP contribution is 2.28. The van der Waals surface area contributed by atoms with Crippen LogP contribution in [-0.2, 0) is 16.1 Å². The molecule has 21 heavy (non-hydrogen) atoms. The zero-order valence-corrected chi connectivity index (χ0v) is 12.2. The van der Waals surface area contributed by atoms with Crippen LogP contribution in [-0.4, -0.2) is 17.1 Å². The van der Waals surface area contributed by atoms with Crippen LogP contribution in [0.4, 0.5) is 0 Å². The van der Waals surface area contributed by atoms with Crippen molar-refractivity contribution in [1.82, 2.24) is 4.57 Å². The Bertz CT molecular complexity index is 720. The molecule has 0 aliphatic rings. The summed E-state index contributed by atoms with van der Waals surface area (Å²) in [4.78, 5) is 11.5. The van der Waals surface area contributed by atoms with Crippen LogP contribution >= 0.6 is 0 Å². The van der Waals surface area contributed by atoms with Gasteiger partial charge in [-0.1, -0.05) is 43.3 Å². The molecule has 3 aromatic rings. The van der Waals surface area contributed by atoms with Crippen molar-refractivity contribution in [3.63, 3.8) is 0 Å².